The first-order valence-corrected chi connectivity index (χ1v) is 6.84. The molecule has 0 heterocycles. The molecule has 0 aromatic rings. The maximum absolute atomic E-state index is 11.0. The molecule has 0 spiro atoms. The van der Waals surface area contributed by atoms with Crippen molar-refractivity contribution in [3.63, 3.8) is 0 Å². The van der Waals surface area contributed by atoms with Crippen molar-refractivity contribution in [3.05, 3.63) is 0 Å². The van der Waals surface area contributed by atoms with Crippen molar-refractivity contribution < 1.29 is 5.11 Å². The summed E-state index contributed by atoms with van der Waals surface area (Å²) in [7, 11) is 0. The van der Waals surface area contributed by atoms with Gasteiger partial charge in [0.25, 0.3) is 0 Å². The van der Waals surface area contributed by atoms with Gasteiger partial charge in [0.1, 0.15) is 0 Å². The normalized spacial score (nSPS) is 35.1. The molecule has 1 atom stereocenters. The predicted molar refractivity (Wildman–Crippen MR) is 69.2 cm³/mol. The summed E-state index contributed by atoms with van der Waals surface area (Å²) in [5.74, 6) is 1.09. The highest BCUT2D eigenvalue weighted by Gasteiger charge is 2.50. The minimum absolute atomic E-state index is 0.0393. The summed E-state index contributed by atoms with van der Waals surface area (Å²) >= 11 is 0. The van der Waals surface area contributed by atoms with Gasteiger partial charge in [0.2, 0.25) is 0 Å². The zero-order chi connectivity index (χ0) is 12.4. The standard InChI is InChI=1S/C14H29NO/c1-5-14(16,11(2)3)13(10-15)8-6-12(4)7-9-13/h11-12,16H,5-10,15H2,1-4H3. The summed E-state index contributed by atoms with van der Waals surface area (Å²) in [6.07, 6.45) is 5.43. The lowest BCUT2D eigenvalue weighted by Crippen LogP contribution is -2.56. The molecule has 0 radical (unpaired) electrons. The van der Waals surface area contributed by atoms with Gasteiger partial charge >= 0.3 is 0 Å². The van der Waals surface area contributed by atoms with Crippen LogP contribution in [-0.4, -0.2) is 17.3 Å². The molecule has 1 aliphatic carbocycles. The summed E-state index contributed by atoms with van der Waals surface area (Å²) in [6.45, 7) is 9.27. The summed E-state index contributed by atoms with van der Waals surface area (Å²) in [5, 5.41) is 11.0. The molecule has 0 aromatic carbocycles. The smallest absolute Gasteiger partial charge is 0.0735 e. The molecule has 2 nitrogen and oxygen atoms in total. The Kier molecular flexibility index (Phi) is 4.42. The van der Waals surface area contributed by atoms with Gasteiger partial charge in [-0.25, -0.2) is 0 Å². The molecule has 1 aliphatic rings. The Hall–Kier alpha value is -0.0800. The van der Waals surface area contributed by atoms with Gasteiger partial charge in [-0.05, 0) is 31.1 Å². The molecule has 0 aromatic heterocycles. The van der Waals surface area contributed by atoms with E-state index in [0.717, 1.165) is 25.2 Å². The molecule has 0 saturated heterocycles. The zero-order valence-corrected chi connectivity index (χ0v) is 11.4. The lowest BCUT2D eigenvalue weighted by Gasteiger charge is -2.52. The zero-order valence-electron chi connectivity index (χ0n) is 11.4. The first kappa shape index (κ1) is 14.0. The third-order valence-corrected chi connectivity index (χ3v) is 5.03. The van der Waals surface area contributed by atoms with Crippen LogP contribution in [0, 0.1) is 17.3 Å². The van der Waals surface area contributed by atoms with Crippen molar-refractivity contribution in [3.8, 4) is 0 Å². The van der Waals surface area contributed by atoms with E-state index in [1.165, 1.54) is 12.8 Å². The van der Waals surface area contributed by atoms with Crippen LogP contribution in [-0.2, 0) is 0 Å². The van der Waals surface area contributed by atoms with E-state index in [-0.39, 0.29) is 11.3 Å². The maximum Gasteiger partial charge on any atom is 0.0735 e. The van der Waals surface area contributed by atoms with Crippen molar-refractivity contribution >= 4 is 0 Å². The Morgan fingerprint density at radius 2 is 1.88 bits per heavy atom. The molecule has 0 bridgehead atoms. The summed E-state index contributed by atoms with van der Waals surface area (Å²) in [6, 6.07) is 0. The molecule has 1 saturated carbocycles. The van der Waals surface area contributed by atoms with Crippen LogP contribution in [0.4, 0.5) is 0 Å². The molecule has 0 amide bonds. The van der Waals surface area contributed by atoms with Crippen LogP contribution >= 0.6 is 0 Å². The fraction of sp³-hybridized carbons (Fsp3) is 1.00. The van der Waals surface area contributed by atoms with E-state index in [4.69, 9.17) is 5.73 Å². The lowest BCUT2D eigenvalue weighted by atomic mass is 9.57. The molecule has 1 fully saturated rings. The number of hydrogen-bond donors (Lipinski definition) is 2. The molecule has 3 N–H and O–H groups in total. The summed E-state index contributed by atoms with van der Waals surface area (Å²) in [5.41, 5.74) is 5.40. The van der Waals surface area contributed by atoms with Crippen LogP contribution in [0.2, 0.25) is 0 Å². The highest BCUT2D eigenvalue weighted by Crippen LogP contribution is 2.50. The molecule has 1 unspecified atom stereocenters. The molecule has 96 valence electrons. The Morgan fingerprint density at radius 3 is 2.19 bits per heavy atom. The van der Waals surface area contributed by atoms with Gasteiger partial charge in [-0.1, -0.05) is 40.5 Å². The SMILES string of the molecule is CCC(O)(C(C)C)C1(CN)CCC(C)CC1. The monoisotopic (exact) mass is 227 g/mol. The third-order valence-electron chi connectivity index (χ3n) is 5.03. The van der Waals surface area contributed by atoms with Crippen LogP contribution in [0.1, 0.15) is 59.8 Å². The quantitative estimate of drug-likeness (QED) is 0.775. The van der Waals surface area contributed by atoms with Crippen molar-refractivity contribution in [1.82, 2.24) is 0 Å². The van der Waals surface area contributed by atoms with E-state index in [2.05, 4.69) is 27.7 Å². The highest BCUT2D eigenvalue weighted by atomic mass is 16.3. The first-order valence-electron chi connectivity index (χ1n) is 6.84. The number of aliphatic hydroxyl groups is 1. The molecule has 16 heavy (non-hydrogen) atoms. The van der Waals surface area contributed by atoms with E-state index in [1.807, 2.05) is 0 Å². The molecule has 0 aliphatic heterocycles. The molecule has 1 rings (SSSR count). The second-order valence-electron chi connectivity index (χ2n) is 6.10. The molecular weight excluding hydrogens is 198 g/mol. The molecular formula is C14H29NO. The van der Waals surface area contributed by atoms with Crippen LogP contribution in [0.15, 0.2) is 0 Å². The van der Waals surface area contributed by atoms with Crippen molar-refractivity contribution in [2.45, 2.75) is 65.4 Å². The molecule has 2 heteroatoms. The first-order chi connectivity index (χ1) is 7.42. The Balaban J connectivity index is 2.94. The minimum Gasteiger partial charge on any atom is -0.389 e. The second kappa shape index (κ2) is 5.05. The van der Waals surface area contributed by atoms with Crippen molar-refractivity contribution in [2.75, 3.05) is 6.54 Å². The van der Waals surface area contributed by atoms with Gasteiger partial charge in [-0.3, -0.25) is 0 Å². The largest absolute Gasteiger partial charge is 0.389 e. The summed E-state index contributed by atoms with van der Waals surface area (Å²) < 4.78 is 0. The van der Waals surface area contributed by atoms with Crippen LogP contribution < -0.4 is 5.73 Å². The minimum atomic E-state index is -0.581. The third kappa shape index (κ3) is 2.14. The van der Waals surface area contributed by atoms with Gasteiger partial charge in [0.15, 0.2) is 0 Å². The van der Waals surface area contributed by atoms with E-state index >= 15 is 0 Å². The van der Waals surface area contributed by atoms with Crippen LogP contribution in [0.5, 0.6) is 0 Å². The Morgan fingerprint density at radius 1 is 1.38 bits per heavy atom. The fourth-order valence-electron chi connectivity index (χ4n) is 3.52. The number of nitrogens with two attached hydrogens (primary N) is 1. The predicted octanol–water partition coefficient (Wildman–Crippen LogP) is 2.94. The number of hydrogen-bond acceptors (Lipinski definition) is 2. The average Bonchev–Trinajstić information content (AvgIpc) is 2.29. The Labute approximate surface area is 101 Å². The van der Waals surface area contributed by atoms with Gasteiger partial charge in [-0.15, -0.1) is 0 Å². The highest BCUT2D eigenvalue weighted by molar-refractivity contribution is 5.02. The van der Waals surface area contributed by atoms with E-state index in [1.54, 1.807) is 0 Å². The van der Waals surface area contributed by atoms with Gasteiger partial charge in [0, 0.05) is 12.0 Å². The topological polar surface area (TPSA) is 46.2 Å². The van der Waals surface area contributed by atoms with Crippen LogP contribution in [0.3, 0.4) is 0 Å². The van der Waals surface area contributed by atoms with Gasteiger partial charge in [-0.2, -0.15) is 0 Å². The fourth-order valence-corrected chi connectivity index (χ4v) is 3.52. The van der Waals surface area contributed by atoms with E-state index < -0.39 is 5.60 Å². The van der Waals surface area contributed by atoms with Crippen molar-refractivity contribution in [2.24, 2.45) is 23.0 Å². The summed E-state index contributed by atoms with van der Waals surface area (Å²) in [4.78, 5) is 0. The Bertz CT molecular complexity index is 219. The number of rotatable bonds is 4. The second-order valence-corrected chi connectivity index (χ2v) is 6.10. The van der Waals surface area contributed by atoms with Gasteiger partial charge < -0.3 is 10.8 Å². The van der Waals surface area contributed by atoms with Crippen molar-refractivity contribution in [1.29, 1.82) is 0 Å². The van der Waals surface area contributed by atoms with E-state index in [0.29, 0.717) is 6.54 Å². The van der Waals surface area contributed by atoms with Gasteiger partial charge in [0.05, 0.1) is 5.60 Å². The van der Waals surface area contributed by atoms with Crippen LogP contribution in [0.25, 0.3) is 0 Å². The van der Waals surface area contributed by atoms with E-state index in [9.17, 15) is 5.11 Å². The maximum atomic E-state index is 11.0. The average molecular weight is 227 g/mol. The lowest BCUT2D eigenvalue weighted by molar-refractivity contribution is -0.137.